The van der Waals surface area contributed by atoms with E-state index in [-0.39, 0.29) is 5.91 Å². The lowest BCUT2D eigenvalue weighted by molar-refractivity contribution is -0.126. The molecule has 0 spiro atoms. The van der Waals surface area contributed by atoms with Crippen molar-refractivity contribution in [1.82, 2.24) is 0 Å². The standard InChI is InChI=1S/C15H17NO2/c1-3-18-11(2)15(17)16-14-9-8-12-6-4-5-7-13(12)10-14/h4-11H,3H2,1-2H3,(H,16,17). The van der Waals surface area contributed by atoms with Crippen LogP contribution < -0.4 is 5.32 Å². The number of fused-ring (bicyclic) bond motifs is 1. The number of benzene rings is 2. The Morgan fingerprint density at radius 1 is 1.22 bits per heavy atom. The van der Waals surface area contributed by atoms with Gasteiger partial charge in [0, 0.05) is 12.3 Å². The summed E-state index contributed by atoms with van der Waals surface area (Å²) in [7, 11) is 0. The molecule has 1 unspecified atom stereocenters. The predicted molar refractivity (Wildman–Crippen MR) is 73.7 cm³/mol. The summed E-state index contributed by atoms with van der Waals surface area (Å²) in [5.74, 6) is -0.118. The van der Waals surface area contributed by atoms with Gasteiger partial charge in [0.15, 0.2) is 0 Å². The number of hydrogen-bond donors (Lipinski definition) is 1. The smallest absolute Gasteiger partial charge is 0.253 e. The molecule has 0 aliphatic rings. The molecule has 0 bridgehead atoms. The summed E-state index contributed by atoms with van der Waals surface area (Å²) in [6, 6.07) is 13.9. The van der Waals surface area contributed by atoms with Crippen LogP contribution in [0.4, 0.5) is 5.69 Å². The minimum atomic E-state index is -0.429. The zero-order valence-electron chi connectivity index (χ0n) is 10.6. The second-order valence-electron chi connectivity index (χ2n) is 4.15. The predicted octanol–water partition coefficient (Wildman–Crippen LogP) is 3.20. The van der Waals surface area contributed by atoms with Crippen molar-refractivity contribution in [2.45, 2.75) is 20.0 Å². The number of carbonyl (C=O) groups is 1. The first kappa shape index (κ1) is 12.6. The summed E-state index contributed by atoms with van der Waals surface area (Å²) >= 11 is 0. The number of nitrogens with one attached hydrogen (secondary N) is 1. The Morgan fingerprint density at radius 2 is 1.94 bits per heavy atom. The maximum atomic E-state index is 11.8. The molecule has 94 valence electrons. The highest BCUT2D eigenvalue weighted by molar-refractivity contribution is 5.96. The second-order valence-corrected chi connectivity index (χ2v) is 4.15. The molecule has 0 aliphatic carbocycles. The average molecular weight is 243 g/mol. The van der Waals surface area contributed by atoms with Crippen LogP contribution in [0, 0.1) is 0 Å². The van der Waals surface area contributed by atoms with Crippen LogP contribution >= 0.6 is 0 Å². The van der Waals surface area contributed by atoms with E-state index in [1.807, 2.05) is 49.4 Å². The van der Waals surface area contributed by atoms with Crippen molar-refractivity contribution in [3.63, 3.8) is 0 Å². The molecule has 3 heteroatoms. The molecule has 0 saturated carbocycles. The van der Waals surface area contributed by atoms with Crippen LogP contribution in [0.5, 0.6) is 0 Å². The maximum absolute atomic E-state index is 11.8. The number of carbonyl (C=O) groups excluding carboxylic acids is 1. The lowest BCUT2D eigenvalue weighted by Crippen LogP contribution is -2.27. The molecule has 0 radical (unpaired) electrons. The van der Waals surface area contributed by atoms with Gasteiger partial charge >= 0.3 is 0 Å². The fourth-order valence-electron chi connectivity index (χ4n) is 1.84. The van der Waals surface area contributed by atoms with Crippen LogP contribution in [0.1, 0.15) is 13.8 Å². The van der Waals surface area contributed by atoms with E-state index < -0.39 is 6.10 Å². The van der Waals surface area contributed by atoms with Gasteiger partial charge in [-0.25, -0.2) is 0 Å². The van der Waals surface area contributed by atoms with E-state index >= 15 is 0 Å². The SMILES string of the molecule is CCOC(C)C(=O)Nc1ccc2ccccc2c1. The molecular weight excluding hydrogens is 226 g/mol. The number of ether oxygens (including phenoxy) is 1. The molecule has 1 amide bonds. The third-order valence-electron chi connectivity index (χ3n) is 2.80. The van der Waals surface area contributed by atoms with Gasteiger partial charge in [0.25, 0.3) is 5.91 Å². The lowest BCUT2D eigenvalue weighted by atomic mass is 10.1. The van der Waals surface area contributed by atoms with Crippen molar-refractivity contribution in [3.8, 4) is 0 Å². The summed E-state index contributed by atoms with van der Waals surface area (Å²) in [6.07, 6.45) is -0.429. The molecule has 0 aliphatic heterocycles. The summed E-state index contributed by atoms with van der Waals surface area (Å²) in [5, 5.41) is 5.13. The van der Waals surface area contributed by atoms with Crippen molar-refractivity contribution in [1.29, 1.82) is 0 Å². The molecule has 3 nitrogen and oxygen atoms in total. The maximum Gasteiger partial charge on any atom is 0.253 e. The van der Waals surface area contributed by atoms with Crippen molar-refractivity contribution >= 4 is 22.4 Å². The quantitative estimate of drug-likeness (QED) is 0.895. The summed E-state index contributed by atoms with van der Waals surface area (Å²) in [6.45, 7) is 4.16. The first-order valence-electron chi connectivity index (χ1n) is 6.12. The Bertz CT molecular complexity index is 551. The largest absolute Gasteiger partial charge is 0.369 e. The Morgan fingerprint density at radius 3 is 2.67 bits per heavy atom. The van der Waals surface area contributed by atoms with Gasteiger partial charge in [0.05, 0.1) is 0 Å². The van der Waals surface area contributed by atoms with Gasteiger partial charge in [0.2, 0.25) is 0 Å². The molecule has 0 fully saturated rings. The molecule has 1 N–H and O–H groups in total. The van der Waals surface area contributed by atoms with Gasteiger partial charge in [-0.2, -0.15) is 0 Å². The minimum Gasteiger partial charge on any atom is -0.369 e. The first-order valence-corrected chi connectivity index (χ1v) is 6.12. The molecule has 18 heavy (non-hydrogen) atoms. The zero-order chi connectivity index (χ0) is 13.0. The zero-order valence-corrected chi connectivity index (χ0v) is 10.6. The average Bonchev–Trinajstić information content (AvgIpc) is 2.39. The fraction of sp³-hybridized carbons (Fsp3) is 0.267. The van der Waals surface area contributed by atoms with Gasteiger partial charge in [-0.3, -0.25) is 4.79 Å². The van der Waals surface area contributed by atoms with Gasteiger partial charge in [-0.1, -0.05) is 30.3 Å². The van der Waals surface area contributed by atoms with Crippen LogP contribution in [0.2, 0.25) is 0 Å². The van der Waals surface area contributed by atoms with Crippen LogP contribution in [-0.2, 0) is 9.53 Å². The van der Waals surface area contributed by atoms with E-state index in [4.69, 9.17) is 4.74 Å². The molecule has 1 atom stereocenters. The number of anilines is 1. The lowest BCUT2D eigenvalue weighted by Gasteiger charge is -2.12. The molecule has 2 aromatic carbocycles. The topological polar surface area (TPSA) is 38.3 Å². The van der Waals surface area contributed by atoms with E-state index in [1.165, 1.54) is 0 Å². The van der Waals surface area contributed by atoms with Crippen LogP contribution in [0.3, 0.4) is 0 Å². The summed E-state index contributed by atoms with van der Waals surface area (Å²) in [4.78, 5) is 11.8. The number of hydrogen-bond acceptors (Lipinski definition) is 2. The number of amides is 1. The molecule has 0 heterocycles. The Labute approximate surface area is 107 Å². The molecule has 0 saturated heterocycles. The molecule has 2 aromatic rings. The van der Waals surface area contributed by atoms with E-state index in [2.05, 4.69) is 5.32 Å². The third kappa shape index (κ3) is 2.87. The van der Waals surface area contributed by atoms with Crippen LogP contribution in [0.25, 0.3) is 10.8 Å². The Kier molecular flexibility index (Phi) is 3.95. The molecule has 0 aromatic heterocycles. The van der Waals surface area contributed by atoms with Crippen molar-refractivity contribution in [2.75, 3.05) is 11.9 Å². The fourth-order valence-corrected chi connectivity index (χ4v) is 1.84. The number of rotatable bonds is 4. The van der Waals surface area contributed by atoms with Crippen LogP contribution in [0.15, 0.2) is 42.5 Å². The van der Waals surface area contributed by atoms with Crippen molar-refractivity contribution in [2.24, 2.45) is 0 Å². The molecular formula is C15H17NO2. The van der Waals surface area contributed by atoms with Crippen molar-refractivity contribution < 1.29 is 9.53 Å². The highest BCUT2D eigenvalue weighted by atomic mass is 16.5. The summed E-state index contributed by atoms with van der Waals surface area (Å²) in [5.41, 5.74) is 0.797. The third-order valence-corrected chi connectivity index (χ3v) is 2.80. The van der Waals surface area contributed by atoms with E-state index in [0.29, 0.717) is 6.61 Å². The van der Waals surface area contributed by atoms with Crippen molar-refractivity contribution in [3.05, 3.63) is 42.5 Å². The second kappa shape index (κ2) is 5.65. The Balaban J connectivity index is 2.14. The van der Waals surface area contributed by atoms with Gasteiger partial charge in [-0.15, -0.1) is 0 Å². The first-order chi connectivity index (χ1) is 8.70. The van der Waals surface area contributed by atoms with Crippen LogP contribution in [-0.4, -0.2) is 18.6 Å². The monoisotopic (exact) mass is 243 g/mol. The van der Waals surface area contributed by atoms with Gasteiger partial charge < -0.3 is 10.1 Å². The highest BCUT2D eigenvalue weighted by Crippen LogP contribution is 2.19. The molecule has 2 rings (SSSR count). The van der Waals surface area contributed by atoms with E-state index in [0.717, 1.165) is 16.5 Å². The van der Waals surface area contributed by atoms with E-state index in [9.17, 15) is 4.79 Å². The Hall–Kier alpha value is -1.87. The normalized spacial score (nSPS) is 12.3. The highest BCUT2D eigenvalue weighted by Gasteiger charge is 2.12. The summed E-state index contributed by atoms with van der Waals surface area (Å²) < 4.78 is 5.25. The van der Waals surface area contributed by atoms with Gasteiger partial charge in [0.1, 0.15) is 6.10 Å². The van der Waals surface area contributed by atoms with E-state index in [1.54, 1.807) is 6.92 Å². The minimum absolute atomic E-state index is 0.118. The van der Waals surface area contributed by atoms with Gasteiger partial charge in [-0.05, 0) is 36.8 Å².